The monoisotopic (exact) mass is 279 g/mol. The Kier molecular flexibility index (Phi) is 3.86. The summed E-state index contributed by atoms with van der Waals surface area (Å²) in [6.07, 6.45) is 2.03. The van der Waals surface area contributed by atoms with Crippen LogP contribution < -0.4 is 10.1 Å². The summed E-state index contributed by atoms with van der Waals surface area (Å²) < 4.78 is 18.9. The van der Waals surface area contributed by atoms with E-state index in [2.05, 4.69) is 11.4 Å². The zero-order chi connectivity index (χ0) is 14.8. The molecule has 0 amide bonds. The predicted octanol–water partition coefficient (Wildman–Crippen LogP) is 2.15. The topological polar surface area (TPSA) is 88.2 Å². The molecular formula is C13H14FN3O3. The molecule has 1 aliphatic carbocycles. The van der Waals surface area contributed by atoms with E-state index in [0.717, 1.165) is 25.0 Å². The normalized spacial score (nSPS) is 17.1. The first-order chi connectivity index (χ1) is 9.43. The van der Waals surface area contributed by atoms with Crippen molar-refractivity contribution in [1.29, 1.82) is 5.26 Å². The highest BCUT2D eigenvalue weighted by Crippen LogP contribution is 2.25. The summed E-state index contributed by atoms with van der Waals surface area (Å²) in [5.41, 5.74) is -1.25. The fourth-order valence-corrected chi connectivity index (χ4v) is 1.73. The van der Waals surface area contributed by atoms with Crippen molar-refractivity contribution in [1.82, 2.24) is 5.32 Å². The predicted molar refractivity (Wildman–Crippen MR) is 68.7 cm³/mol. The minimum absolute atomic E-state index is 0.0330. The first kappa shape index (κ1) is 14.2. The summed E-state index contributed by atoms with van der Waals surface area (Å²) in [7, 11) is 0. The lowest BCUT2D eigenvalue weighted by molar-refractivity contribution is -0.385. The Hall–Kier alpha value is -2.20. The van der Waals surface area contributed by atoms with Crippen LogP contribution >= 0.6 is 0 Å². The zero-order valence-corrected chi connectivity index (χ0v) is 10.9. The maximum absolute atomic E-state index is 13.6. The molecule has 0 bridgehead atoms. The highest BCUT2D eigenvalue weighted by Gasteiger charge is 2.33. The number of nitro benzene ring substituents is 1. The van der Waals surface area contributed by atoms with Crippen LogP contribution in [0.25, 0.3) is 0 Å². The van der Waals surface area contributed by atoms with Crippen molar-refractivity contribution in [2.45, 2.75) is 31.3 Å². The Morgan fingerprint density at radius 2 is 2.35 bits per heavy atom. The van der Waals surface area contributed by atoms with Gasteiger partial charge in [-0.2, -0.15) is 5.26 Å². The van der Waals surface area contributed by atoms with Gasteiger partial charge in [-0.25, -0.2) is 4.39 Å². The van der Waals surface area contributed by atoms with Gasteiger partial charge in [0.2, 0.25) is 0 Å². The molecule has 0 spiro atoms. The van der Waals surface area contributed by atoms with E-state index in [0.29, 0.717) is 6.04 Å². The molecule has 0 radical (unpaired) electrons. The van der Waals surface area contributed by atoms with Gasteiger partial charge in [0.05, 0.1) is 17.1 Å². The van der Waals surface area contributed by atoms with E-state index >= 15 is 0 Å². The quantitative estimate of drug-likeness (QED) is 0.636. The minimum atomic E-state index is -0.907. The van der Waals surface area contributed by atoms with E-state index in [-0.39, 0.29) is 18.0 Å². The number of benzene rings is 1. The third-order valence-electron chi connectivity index (χ3n) is 2.99. The lowest BCUT2D eigenvalue weighted by Gasteiger charge is -2.23. The summed E-state index contributed by atoms with van der Waals surface area (Å²) >= 11 is 0. The van der Waals surface area contributed by atoms with Gasteiger partial charge in [-0.3, -0.25) is 15.4 Å². The van der Waals surface area contributed by atoms with Crippen LogP contribution in [0.15, 0.2) is 18.2 Å². The van der Waals surface area contributed by atoms with Gasteiger partial charge in [0.15, 0.2) is 11.6 Å². The Balaban J connectivity index is 2.02. The standard InChI is InChI=1S/C13H14FN3O3/c1-13(7-15,16-9-2-3-9)8-20-12-5-4-10(17(18)19)6-11(12)14/h4-6,9,16H,2-3,8H2,1H3. The second-order valence-corrected chi connectivity index (χ2v) is 5.02. The molecule has 1 aliphatic rings. The number of non-ortho nitro benzene ring substituents is 1. The van der Waals surface area contributed by atoms with Crippen LogP contribution in [0, 0.1) is 27.3 Å². The van der Waals surface area contributed by atoms with Crippen LogP contribution in [0.5, 0.6) is 5.75 Å². The summed E-state index contributed by atoms with van der Waals surface area (Å²) in [5.74, 6) is -0.916. The van der Waals surface area contributed by atoms with Gasteiger partial charge in [-0.15, -0.1) is 0 Å². The van der Waals surface area contributed by atoms with Crippen LogP contribution in [0.3, 0.4) is 0 Å². The Bertz CT molecular complexity index is 568. The molecule has 0 saturated heterocycles. The van der Waals surface area contributed by atoms with E-state index in [4.69, 9.17) is 10.00 Å². The largest absolute Gasteiger partial charge is 0.487 e. The molecule has 2 rings (SSSR count). The minimum Gasteiger partial charge on any atom is -0.487 e. The van der Waals surface area contributed by atoms with E-state index in [9.17, 15) is 14.5 Å². The molecule has 1 atom stereocenters. The summed E-state index contributed by atoms with van der Waals surface area (Å²) in [5, 5.41) is 22.8. The summed E-state index contributed by atoms with van der Waals surface area (Å²) in [6.45, 7) is 1.64. The number of nitrogens with zero attached hydrogens (tertiary/aromatic N) is 2. The Labute approximate surface area is 115 Å². The number of nitrogens with one attached hydrogen (secondary N) is 1. The molecule has 1 unspecified atom stereocenters. The molecule has 0 aliphatic heterocycles. The second kappa shape index (κ2) is 5.43. The van der Waals surface area contributed by atoms with Crippen LogP contribution in [-0.2, 0) is 0 Å². The first-order valence-corrected chi connectivity index (χ1v) is 6.19. The van der Waals surface area contributed by atoms with Crippen LogP contribution in [0.2, 0.25) is 0 Å². The van der Waals surface area contributed by atoms with Gasteiger partial charge in [0.25, 0.3) is 5.69 Å². The number of rotatable bonds is 6. The van der Waals surface area contributed by atoms with Crippen molar-refractivity contribution in [2.24, 2.45) is 0 Å². The Morgan fingerprint density at radius 1 is 1.65 bits per heavy atom. The van der Waals surface area contributed by atoms with Crippen molar-refractivity contribution < 1.29 is 14.1 Å². The van der Waals surface area contributed by atoms with E-state index in [1.54, 1.807) is 6.92 Å². The molecule has 1 N–H and O–H groups in total. The number of ether oxygens (including phenoxy) is 1. The van der Waals surface area contributed by atoms with Crippen molar-refractivity contribution in [3.63, 3.8) is 0 Å². The molecule has 1 aromatic carbocycles. The van der Waals surface area contributed by atoms with E-state index < -0.39 is 16.3 Å². The summed E-state index contributed by atoms with van der Waals surface area (Å²) in [4.78, 5) is 9.82. The molecule has 1 fully saturated rings. The van der Waals surface area contributed by atoms with Crippen molar-refractivity contribution >= 4 is 5.69 Å². The van der Waals surface area contributed by atoms with E-state index in [1.807, 2.05) is 0 Å². The van der Waals surface area contributed by atoms with E-state index in [1.165, 1.54) is 6.07 Å². The van der Waals surface area contributed by atoms with Gasteiger partial charge in [-0.05, 0) is 25.8 Å². The third-order valence-corrected chi connectivity index (χ3v) is 2.99. The maximum atomic E-state index is 13.6. The first-order valence-electron chi connectivity index (χ1n) is 6.19. The highest BCUT2D eigenvalue weighted by atomic mass is 19.1. The van der Waals surface area contributed by atoms with Gasteiger partial charge >= 0.3 is 0 Å². The van der Waals surface area contributed by atoms with Gasteiger partial charge in [0.1, 0.15) is 12.1 Å². The average molecular weight is 279 g/mol. The second-order valence-electron chi connectivity index (χ2n) is 5.02. The van der Waals surface area contributed by atoms with Crippen LogP contribution in [0.4, 0.5) is 10.1 Å². The lowest BCUT2D eigenvalue weighted by Crippen LogP contribution is -2.47. The van der Waals surface area contributed by atoms with Gasteiger partial charge < -0.3 is 4.74 Å². The zero-order valence-electron chi connectivity index (χ0n) is 10.9. The molecule has 0 heterocycles. The summed E-state index contributed by atoms with van der Waals surface area (Å²) in [6, 6.07) is 5.57. The molecule has 6 nitrogen and oxygen atoms in total. The average Bonchev–Trinajstić information content (AvgIpc) is 3.21. The van der Waals surface area contributed by atoms with Gasteiger partial charge in [0, 0.05) is 12.1 Å². The molecular weight excluding hydrogens is 265 g/mol. The molecule has 1 saturated carbocycles. The van der Waals surface area contributed by atoms with Crippen molar-refractivity contribution in [3.8, 4) is 11.8 Å². The lowest BCUT2D eigenvalue weighted by atomic mass is 10.1. The highest BCUT2D eigenvalue weighted by molar-refractivity contribution is 5.37. The number of hydrogen-bond acceptors (Lipinski definition) is 5. The molecule has 1 aromatic rings. The SMILES string of the molecule is CC(C#N)(COc1ccc([N+](=O)[O-])cc1F)NC1CC1. The van der Waals surface area contributed by atoms with Crippen molar-refractivity contribution in [2.75, 3.05) is 6.61 Å². The number of hydrogen-bond donors (Lipinski definition) is 1. The number of nitriles is 1. The van der Waals surface area contributed by atoms with Crippen LogP contribution in [0.1, 0.15) is 19.8 Å². The maximum Gasteiger partial charge on any atom is 0.272 e. The molecule has 20 heavy (non-hydrogen) atoms. The smallest absolute Gasteiger partial charge is 0.272 e. The van der Waals surface area contributed by atoms with Crippen LogP contribution in [-0.4, -0.2) is 23.1 Å². The fraction of sp³-hybridized carbons (Fsp3) is 0.462. The Morgan fingerprint density at radius 3 is 2.85 bits per heavy atom. The molecule has 7 heteroatoms. The molecule has 106 valence electrons. The third kappa shape index (κ3) is 3.42. The van der Waals surface area contributed by atoms with Crippen molar-refractivity contribution in [3.05, 3.63) is 34.1 Å². The fourth-order valence-electron chi connectivity index (χ4n) is 1.73. The molecule has 0 aromatic heterocycles. The number of halogens is 1. The van der Waals surface area contributed by atoms with Gasteiger partial charge in [-0.1, -0.05) is 0 Å². The number of nitro groups is 1.